The molecule has 0 saturated heterocycles. The third kappa shape index (κ3) is 3.68. The first kappa shape index (κ1) is 14.3. The molecule has 0 aliphatic rings. The van der Waals surface area contributed by atoms with Crippen molar-refractivity contribution in [2.75, 3.05) is 0 Å². The molecule has 0 amide bonds. The minimum atomic E-state index is 0.261. The van der Waals surface area contributed by atoms with E-state index < -0.39 is 0 Å². The molecule has 0 aliphatic heterocycles. The summed E-state index contributed by atoms with van der Waals surface area (Å²) in [5.41, 5.74) is 2.90. The largest absolute Gasteiger partial charge is 0.307 e. The van der Waals surface area contributed by atoms with E-state index in [1.54, 1.807) is 0 Å². The molecule has 2 aromatic rings. The van der Waals surface area contributed by atoms with Gasteiger partial charge in [0.1, 0.15) is 0 Å². The van der Waals surface area contributed by atoms with Crippen molar-refractivity contribution in [1.29, 1.82) is 0 Å². The molecule has 0 spiro atoms. The third-order valence-corrected chi connectivity index (χ3v) is 4.95. The highest BCUT2D eigenvalue weighted by Crippen LogP contribution is 2.26. The van der Waals surface area contributed by atoms with Crippen molar-refractivity contribution in [3.8, 4) is 11.1 Å². The van der Waals surface area contributed by atoms with Gasteiger partial charge in [-0.05, 0) is 42.3 Å². The van der Waals surface area contributed by atoms with E-state index in [0.717, 1.165) is 6.54 Å². The first-order valence-electron chi connectivity index (χ1n) is 7.04. The van der Waals surface area contributed by atoms with Gasteiger partial charge in [0.25, 0.3) is 0 Å². The van der Waals surface area contributed by atoms with Crippen molar-refractivity contribution in [1.82, 2.24) is 5.32 Å². The number of rotatable bonds is 6. The Morgan fingerprint density at radius 1 is 1.05 bits per heavy atom. The van der Waals surface area contributed by atoms with Crippen LogP contribution < -0.4 is 5.32 Å². The Balaban J connectivity index is 2.02. The Bertz CT molecular complexity index is 497. The Labute approximate surface area is 120 Å². The molecule has 0 bridgehead atoms. The number of hydrogen-bond donors (Lipinski definition) is 1. The fourth-order valence-electron chi connectivity index (χ4n) is 2.06. The summed E-state index contributed by atoms with van der Waals surface area (Å²) < 4.78 is 0. The highest BCUT2D eigenvalue weighted by molar-refractivity contribution is 7.10. The Kier molecular flexibility index (Phi) is 4.78. The second-order valence-electron chi connectivity index (χ2n) is 5.29. The summed E-state index contributed by atoms with van der Waals surface area (Å²) >= 11 is 1.84. The zero-order valence-electron chi connectivity index (χ0n) is 12.1. The lowest BCUT2D eigenvalue weighted by molar-refractivity contribution is 0.330. The summed E-state index contributed by atoms with van der Waals surface area (Å²) in [6.07, 6.45) is 2.33. The summed E-state index contributed by atoms with van der Waals surface area (Å²) in [6, 6.07) is 12.9. The van der Waals surface area contributed by atoms with Gasteiger partial charge < -0.3 is 5.32 Å². The molecule has 2 heteroatoms. The van der Waals surface area contributed by atoms with E-state index in [4.69, 9.17) is 0 Å². The summed E-state index contributed by atoms with van der Waals surface area (Å²) in [7, 11) is 0. The molecule has 2 rings (SSSR count). The predicted molar refractivity (Wildman–Crippen MR) is 85.6 cm³/mol. The number of nitrogens with one attached hydrogen (secondary N) is 1. The van der Waals surface area contributed by atoms with Gasteiger partial charge in [0.2, 0.25) is 0 Å². The lowest BCUT2D eigenvalue weighted by Gasteiger charge is -2.28. The van der Waals surface area contributed by atoms with Crippen LogP contribution in [-0.2, 0) is 6.54 Å². The number of benzene rings is 1. The zero-order valence-corrected chi connectivity index (χ0v) is 12.9. The van der Waals surface area contributed by atoms with Crippen LogP contribution in [0.5, 0.6) is 0 Å². The molecule has 0 aliphatic carbocycles. The van der Waals surface area contributed by atoms with Gasteiger partial charge in [-0.15, -0.1) is 11.3 Å². The van der Waals surface area contributed by atoms with Crippen molar-refractivity contribution in [3.63, 3.8) is 0 Å². The number of hydrogen-bond acceptors (Lipinski definition) is 2. The Morgan fingerprint density at radius 2 is 1.74 bits per heavy atom. The monoisotopic (exact) mass is 273 g/mol. The van der Waals surface area contributed by atoms with Crippen LogP contribution in [0.3, 0.4) is 0 Å². The van der Waals surface area contributed by atoms with E-state index in [-0.39, 0.29) is 5.54 Å². The molecule has 0 fully saturated rings. The second kappa shape index (κ2) is 6.36. The molecular weight excluding hydrogens is 250 g/mol. The molecule has 1 aromatic heterocycles. The first-order valence-corrected chi connectivity index (χ1v) is 7.92. The van der Waals surface area contributed by atoms with Gasteiger partial charge in [0.15, 0.2) is 0 Å². The van der Waals surface area contributed by atoms with E-state index in [0.29, 0.717) is 0 Å². The third-order valence-electron chi connectivity index (χ3n) is 4.01. The molecule has 0 unspecified atom stereocenters. The predicted octanol–water partition coefficient (Wildman–Crippen LogP) is 5.08. The van der Waals surface area contributed by atoms with Crippen molar-refractivity contribution < 1.29 is 0 Å². The first-order chi connectivity index (χ1) is 9.17. The smallest absolute Gasteiger partial charge is 0.0304 e. The van der Waals surface area contributed by atoms with E-state index >= 15 is 0 Å². The summed E-state index contributed by atoms with van der Waals surface area (Å²) in [5.74, 6) is 0. The average molecular weight is 273 g/mol. The van der Waals surface area contributed by atoms with Gasteiger partial charge in [-0.2, -0.15) is 0 Å². The fraction of sp³-hybridized carbons (Fsp3) is 0.412. The van der Waals surface area contributed by atoms with Crippen LogP contribution in [0.1, 0.15) is 38.5 Å². The molecule has 19 heavy (non-hydrogen) atoms. The average Bonchev–Trinajstić information content (AvgIpc) is 2.95. The topological polar surface area (TPSA) is 12.0 Å². The molecule has 102 valence electrons. The van der Waals surface area contributed by atoms with Gasteiger partial charge in [0, 0.05) is 17.0 Å². The second-order valence-corrected chi connectivity index (χ2v) is 6.28. The lowest BCUT2D eigenvalue weighted by Crippen LogP contribution is -2.40. The molecular formula is C17H23NS. The van der Waals surface area contributed by atoms with Crippen molar-refractivity contribution in [3.05, 3.63) is 46.7 Å². The van der Waals surface area contributed by atoms with E-state index in [1.165, 1.54) is 28.8 Å². The SMILES string of the molecule is CCC(C)(CC)NCc1cc(-c2ccccc2)cs1. The Morgan fingerprint density at radius 3 is 2.37 bits per heavy atom. The summed E-state index contributed by atoms with van der Waals surface area (Å²) in [6.45, 7) is 7.77. The van der Waals surface area contributed by atoms with Crippen molar-refractivity contribution >= 4 is 11.3 Å². The standard InChI is InChI=1S/C17H23NS/c1-4-17(3,5-2)18-12-16-11-15(13-19-16)14-9-7-6-8-10-14/h6-11,13,18H,4-5,12H2,1-3H3. The summed E-state index contributed by atoms with van der Waals surface area (Å²) in [4.78, 5) is 1.41. The molecule has 1 N–H and O–H groups in total. The van der Waals surface area contributed by atoms with Gasteiger partial charge in [-0.25, -0.2) is 0 Å². The molecule has 1 heterocycles. The molecule has 0 saturated carbocycles. The van der Waals surface area contributed by atoms with Gasteiger partial charge in [0.05, 0.1) is 0 Å². The maximum Gasteiger partial charge on any atom is 0.0304 e. The minimum Gasteiger partial charge on any atom is -0.307 e. The van der Waals surface area contributed by atoms with E-state index in [2.05, 4.69) is 67.9 Å². The molecule has 0 atom stereocenters. The van der Waals surface area contributed by atoms with Crippen LogP contribution in [0.25, 0.3) is 11.1 Å². The fourth-order valence-corrected chi connectivity index (χ4v) is 2.89. The van der Waals surface area contributed by atoms with Crippen LogP contribution >= 0.6 is 11.3 Å². The van der Waals surface area contributed by atoms with Gasteiger partial charge in [-0.1, -0.05) is 44.2 Å². The maximum absolute atomic E-state index is 3.69. The van der Waals surface area contributed by atoms with Crippen molar-refractivity contribution in [2.45, 2.75) is 45.7 Å². The highest BCUT2D eigenvalue weighted by Gasteiger charge is 2.18. The van der Waals surface area contributed by atoms with Crippen LogP contribution in [0.4, 0.5) is 0 Å². The molecule has 1 nitrogen and oxygen atoms in total. The molecule has 0 radical (unpaired) electrons. The van der Waals surface area contributed by atoms with Crippen LogP contribution in [0.15, 0.2) is 41.8 Å². The van der Waals surface area contributed by atoms with Crippen molar-refractivity contribution in [2.24, 2.45) is 0 Å². The van der Waals surface area contributed by atoms with Gasteiger partial charge >= 0.3 is 0 Å². The quantitative estimate of drug-likeness (QED) is 0.773. The normalized spacial score (nSPS) is 11.7. The molecule has 1 aromatic carbocycles. The van der Waals surface area contributed by atoms with E-state index in [1.807, 2.05) is 11.3 Å². The van der Waals surface area contributed by atoms with E-state index in [9.17, 15) is 0 Å². The maximum atomic E-state index is 3.69. The summed E-state index contributed by atoms with van der Waals surface area (Å²) in [5, 5.41) is 5.94. The van der Waals surface area contributed by atoms with Crippen LogP contribution in [-0.4, -0.2) is 5.54 Å². The van der Waals surface area contributed by atoms with Gasteiger partial charge in [-0.3, -0.25) is 0 Å². The van der Waals surface area contributed by atoms with Crippen LogP contribution in [0.2, 0.25) is 0 Å². The lowest BCUT2D eigenvalue weighted by atomic mass is 9.95. The zero-order chi connectivity index (χ0) is 13.7. The van der Waals surface area contributed by atoms with Crippen LogP contribution in [0, 0.1) is 0 Å². The minimum absolute atomic E-state index is 0.261. The highest BCUT2D eigenvalue weighted by atomic mass is 32.1. The number of thiophene rings is 1. The Hall–Kier alpha value is -1.12.